The summed E-state index contributed by atoms with van der Waals surface area (Å²) in [5.74, 6) is 2.38. The minimum absolute atomic E-state index is 0.488. The van der Waals surface area contributed by atoms with Gasteiger partial charge in [0, 0.05) is 19.1 Å². The molecule has 0 saturated carbocycles. The van der Waals surface area contributed by atoms with Gasteiger partial charge in [0.25, 0.3) is 0 Å². The summed E-state index contributed by atoms with van der Waals surface area (Å²) in [6.07, 6.45) is 3.44. The second-order valence-corrected chi connectivity index (χ2v) is 6.24. The van der Waals surface area contributed by atoms with Crippen LogP contribution in [0.2, 0.25) is 0 Å². The molecule has 2 aromatic rings. The van der Waals surface area contributed by atoms with Crippen LogP contribution in [-0.4, -0.2) is 51.4 Å². The molecule has 7 heteroatoms. The van der Waals surface area contributed by atoms with Gasteiger partial charge in [0.2, 0.25) is 5.89 Å². The molecule has 0 spiro atoms. The molecule has 7 nitrogen and oxygen atoms in total. The molecule has 1 aliphatic heterocycles. The lowest BCUT2D eigenvalue weighted by molar-refractivity contribution is 0.174. The minimum atomic E-state index is 0.488. The highest BCUT2D eigenvalue weighted by Crippen LogP contribution is 2.26. The zero-order chi connectivity index (χ0) is 15.1. The van der Waals surface area contributed by atoms with Crippen molar-refractivity contribution in [2.75, 3.05) is 25.0 Å². The molecule has 0 amide bonds. The first kappa shape index (κ1) is 13.6. The average molecular weight is 300 g/mol. The highest BCUT2D eigenvalue weighted by molar-refractivity contribution is 5.45. The van der Waals surface area contributed by atoms with Crippen LogP contribution in [0.25, 0.3) is 0 Å². The number of nitrogens with zero attached hydrogens (tertiary/aromatic N) is 6. The molecule has 3 heterocycles. The molecule has 22 heavy (non-hydrogen) atoms. The lowest BCUT2D eigenvalue weighted by atomic mass is 10.1. The summed E-state index contributed by atoms with van der Waals surface area (Å²) in [6, 6.07) is 2.70. The molecule has 0 radical (unpaired) electrons. The molecule has 116 valence electrons. The predicted octanol–water partition coefficient (Wildman–Crippen LogP) is 0.977. The molecule has 2 aliphatic rings. The molecule has 1 fully saturated rings. The molecule has 2 aromatic heterocycles. The van der Waals surface area contributed by atoms with Crippen molar-refractivity contribution in [3.8, 4) is 0 Å². The van der Waals surface area contributed by atoms with Gasteiger partial charge in [-0.1, -0.05) is 5.16 Å². The Kier molecular flexibility index (Phi) is 3.29. The number of fused-ring (bicyclic) bond motifs is 1. The summed E-state index contributed by atoms with van der Waals surface area (Å²) in [4.78, 5) is 8.79. The fraction of sp³-hybridized carbons (Fsp3) is 0.600. The lowest BCUT2D eigenvalue weighted by Gasteiger charge is -2.44. The van der Waals surface area contributed by atoms with Crippen LogP contribution in [0.15, 0.2) is 10.6 Å². The van der Waals surface area contributed by atoms with E-state index in [9.17, 15) is 0 Å². The summed E-state index contributed by atoms with van der Waals surface area (Å²) in [5, 5.41) is 12.6. The monoisotopic (exact) mass is 300 g/mol. The van der Waals surface area contributed by atoms with Crippen LogP contribution < -0.4 is 4.90 Å². The maximum atomic E-state index is 5.18. The van der Waals surface area contributed by atoms with Crippen molar-refractivity contribution in [1.29, 1.82) is 0 Å². The summed E-state index contributed by atoms with van der Waals surface area (Å²) in [6.45, 7) is 4.47. The van der Waals surface area contributed by atoms with E-state index in [0.29, 0.717) is 24.3 Å². The number of anilines is 1. The Morgan fingerprint density at radius 1 is 1.32 bits per heavy atom. The SMILES string of the molecule is Cc1noc(CN(C)C2CN(c3cc4c(nn3)CCC4)C2)n1. The van der Waals surface area contributed by atoms with Gasteiger partial charge in [0.15, 0.2) is 11.6 Å². The second-order valence-electron chi connectivity index (χ2n) is 6.24. The molecule has 0 N–H and O–H groups in total. The Morgan fingerprint density at radius 2 is 2.18 bits per heavy atom. The van der Waals surface area contributed by atoms with Crippen molar-refractivity contribution in [1.82, 2.24) is 25.2 Å². The third kappa shape index (κ3) is 2.45. The van der Waals surface area contributed by atoms with Gasteiger partial charge >= 0.3 is 0 Å². The smallest absolute Gasteiger partial charge is 0.240 e. The fourth-order valence-corrected chi connectivity index (χ4v) is 3.14. The lowest BCUT2D eigenvalue weighted by Crippen LogP contribution is -2.58. The van der Waals surface area contributed by atoms with Gasteiger partial charge in [0.05, 0.1) is 12.2 Å². The van der Waals surface area contributed by atoms with E-state index in [-0.39, 0.29) is 0 Å². The fourth-order valence-electron chi connectivity index (χ4n) is 3.14. The Morgan fingerprint density at radius 3 is 2.95 bits per heavy atom. The van der Waals surface area contributed by atoms with Gasteiger partial charge in [-0.05, 0) is 44.9 Å². The molecular weight excluding hydrogens is 280 g/mol. The van der Waals surface area contributed by atoms with E-state index in [1.807, 2.05) is 6.92 Å². The third-order valence-corrected chi connectivity index (χ3v) is 4.57. The van der Waals surface area contributed by atoms with Crippen molar-refractivity contribution in [2.45, 2.75) is 38.8 Å². The maximum absolute atomic E-state index is 5.18. The number of hydrogen-bond donors (Lipinski definition) is 0. The molecule has 0 bridgehead atoms. The zero-order valence-electron chi connectivity index (χ0n) is 13.0. The van der Waals surface area contributed by atoms with E-state index in [1.165, 1.54) is 17.7 Å². The van der Waals surface area contributed by atoms with Crippen molar-refractivity contribution in [3.05, 3.63) is 29.0 Å². The van der Waals surface area contributed by atoms with Crippen LogP contribution in [0, 0.1) is 6.92 Å². The quantitative estimate of drug-likeness (QED) is 0.833. The predicted molar refractivity (Wildman–Crippen MR) is 80.6 cm³/mol. The van der Waals surface area contributed by atoms with Crippen molar-refractivity contribution < 1.29 is 4.52 Å². The van der Waals surface area contributed by atoms with E-state index in [1.54, 1.807) is 0 Å². The van der Waals surface area contributed by atoms with Gasteiger partial charge in [-0.3, -0.25) is 4.90 Å². The summed E-state index contributed by atoms with van der Waals surface area (Å²) in [5.41, 5.74) is 2.56. The van der Waals surface area contributed by atoms with E-state index < -0.39 is 0 Å². The highest BCUT2D eigenvalue weighted by atomic mass is 16.5. The molecule has 0 aromatic carbocycles. The number of aromatic nitrogens is 4. The summed E-state index contributed by atoms with van der Waals surface area (Å²) in [7, 11) is 2.09. The van der Waals surface area contributed by atoms with Gasteiger partial charge in [-0.2, -0.15) is 10.1 Å². The Hall–Kier alpha value is -2.02. The molecule has 4 rings (SSSR count). The summed E-state index contributed by atoms with van der Waals surface area (Å²) < 4.78 is 5.18. The van der Waals surface area contributed by atoms with Gasteiger partial charge in [-0.15, -0.1) is 5.10 Å². The first-order valence-corrected chi connectivity index (χ1v) is 7.79. The van der Waals surface area contributed by atoms with Crippen LogP contribution in [0.4, 0.5) is 5.82 Å². The largest absolute Gasteiger partial charge is 0.352 e. The number of hydrogen-bond acceptors (Lipinski definition) is 7. The first-order valence-electron chi connectivity index (χ1n) is 7.79. The highest BCUT2D eigenvalue weighted by Gasteiger charge is 2.32. The maximum Gasteiger partial charge on any atom is 0.240 e. The molecular formula is C15H20N6O. The van der Waals surface area contributed by atoms with E-state index in [2.05, 4.69) is 43.3 Å². The molecule has 1 saturated heterocycles. The van der Waals surface area contributed by atoms with Gasteiger partial charge in [0.1, 0.15) is 0 Å². The van der Waals surface area contributed by atoms with Gasteiger partial charge in [-0.25, -0.2) is 0 Å². The van der Waals surface area contributed by atoms with E-state index in [4.69, 9.17) is 4.52 Å². The third-order valence-electron chi connectivity index (χ3n) is 4.57. The van der Waals surface area contributed by atoms with Crippen LogP contribution >= 0.6 is 0 Å². The van der Waals surface area contributed by atoms with Gasteiger partial charge < -0.3 is 9.42 Å². The first-order chi connectivity index (χ1) is 10.7. The molecule has 1 aliphatic carbocycles. The van der Waals surface area contributed by atoms with Crippen LogP contribution in [0.3, 0.4) is 0 Å². The number of likely N-dealkylation sites (N-methyl/N-ethyl adjacent to an activating group) is 1. The normalized spacial score (nSPS) is 17.9. The van der Waals surface area contributed by atoms with Crippen LogP contribution in [-0.2, 0) is 19.4 Å². The Labute approximate surface area is 129 Å². The standard InChI is InChI=1S/C15H20N6O/c1-10-16-15(22-19-10)9-20(2)12-7-21(8-12)14-6-11-4-3-5-13(11)17-18-14/h6,12H,3-5,7-9H2,1-2H3. The Balaban J connectivity index is 1.35. The van der Waals surface area contributed by atoms with E-state index in [0.717, 1.165) is 31.7 Å². The molecule has 0 atom stereocenters. The minimum Gasteiger partial charge on any atom is -0.352 e. The number of aryl methyl sites for hydroxylation is 3. The molecule has 0 unspecified atom stereocenters. The number of rotatable bonds is 4. The second kappa shape index (κ2) is 5.31. The van der Waals surface area contributed by atoms with Crippen molar-refractivity contribution >= 4 is 5.82 Å². The van der Waals surface area contributed by atoms with Crippen LogP contribution in [0.1, 0.15) is 29.4 Å². The zero-order valence-corrected chi connectivity index (χ0v) is 13.0. The average Bonchev–Trinajstić information content (AvgIpc) is 3.05. The summed E-state index contributed by atoms with van der Waals surface area (Å²) >= 11 is 0. The van der Waals surface area contributed by atoms with Crippen LogP contribution in [0.5, 0.6) is 0 Å². The van der Waals surface area contributed by atoms with E-state index >= 15 is 0 Å². The Bertz CT molecular complexity index is 678. The topological polar surface area (TPSA) is 71.2 Å². The van der Waals surface area contributed by atoms with Crippen molar-refractivity contribution in [3.63, 3.8) is 0 Å². The van der Waals surface area contributed by atoms with Crippen molar-refractivity contribution in [2.24, 2.45) is 0 Å².